The topological polar surface area (TPSA) is 58.0 Å². The van der Waals surface area contributed by atoms with Gasteiger partial charge in [0, 0.05) is 17.5 Å². The van der Waals surface area contributed by atoms with Gasteiger partial charge in [0.1, 0.15) is 17.0 Å². The quantitative estimate of drug-likeness (QED) is 0.770. The third kappa shape index (κ3) is 2.82. The van der Waals surface area contributed by atoms with Gasteiger partial charge in [0.15, 0.2) is 0 Å². The number of hydrogen-bond acceptors (Lipinski definition) is 5. The molecule has 22 heavy (non-hydrogen) atoms. The number of aliphatic hydroxyl groups is 1. The Balaban J connectivity index is 2.14. The molecule has 1 aromatic carbocycles. The van der Waals surface area contributed by atoms with E-state index >= 15 is 0 Å². The number of aromatic nitrogens is 2. The van der Waals surface area contributed by atoms with E-state index in [4.69, 9.17) is 0 Å². The van der Waals surface area contributed by atoms with E-state index in [1.165, 1.54) is 16.7 Å². The van der Waals surface area contributed by atoms with Gasteiger partial charge >= 0.3 is 0 Å². The van der Waals surface area contributed by atoms with Crippen molar-refractivity contribution in [3.8, 4) is 11.1 Å². The Labute approximate surface area is 133 Å². The fourth-order valence-corrected chi connectivity index (χ4v) is 3.47. The molecule has 2 N–H and O–H groups in total. The minimum absolute atomic E-state index is 0.423. The van der Waals surface area contributed by atoms with Gasteiger partial charge in [-0.2, -0.15) is 0 Å². The number of benzene rings is 1. The zero-order chi connectivity index (χ0) is 15.7. The number of anilines is 1. The predicted octanol–water partition coefficient (Wildman–Crippen LogP) is 3.77. The number of fused-ring (bicyclic) bond motifs is 1. The van der Waals surface area contributed by atoms with Crippen LogP contribution in [0.5, 0.6) is 0 Å². The summed E-state index contributed by atoms with van der Waals surface area (Å²) in [6.07, 6.45) is 1.14. The molecule has 0 aliphatic rings. The summed E-state index contributed by atoms with van der Waals surface area (Å²) >= 11 is 1.62. The fourth-order valence-electron chi connectivity index (χ4n) is 2.57. The van der Waals surface area contributed by atoms with Crippen LogP contribution in [0, 0.1) is 13.8 Å². The molecule has 0 amide bonds. The van der Waals surface area contributed by atoms with Gasteiger partial charge in [-0.05, 0) is 31.9 Å². The molecule has 114 valence electrons. The zero-order valence-electron chi connectivity index (χ0n) is 12.9. The van der Waals surface area contributed by atoms with Crippen molar-refractivity contribution in [3.63, 3.8) is 0 Å². The van der Waals surface area contributed by atoms with E-state index in [1.54, 1.807) is 24.6 Å². The Bertz CT molecular complexity index is 811. The minimum atomic E-state index is -0.423. The van der Waals surface area contributed by atoms with E-state index in [-0.39, 0.29) is 0 Å². The van der Waals surface area contributed by atoms with Crippen LogP contribution in [0.15, 0.2) is 29.9 Å². The van der Waals surface area contributed by atoms with Crippen LogP contribution in [0.4, 0.5) is 5.82 Å². The van der Waals surface area contributed by atoms with Gasteiger partial charge in [-0.25, -0.2) is 9.97 Å². The zero-order valence-corrected chi connectivity index (χ0v) is 13.7. The van der Waals surface area contributed by atoms with Crippen LogP contribution in [0.3, 0.4) is 0 Å². The van der Waals surface area contributed by atoms with Crippen LogP contribution in [-0.2, 0) is 0 Å². The highest BCUT2D eigenvalue weighted by atomic mass is 32.1. The Hall–Kier alpha value is -1.98. The van der Waals surface area contributed by atoms with Gasteiger partial charge in [0.2, 0.25) is 0 Å². The lowest BCUT2D eigenvalue weighted by molar-refractivity contribution is 0.208. The number of hydrogen-bond donors (Lipinski definition) is 2. The molecular formula is C17H19N3OS. The summed E-state index contributed by atoms with van der Waals surface area (Å²) in [6, 6.07) is 6.46. The third-order valence-electron chi connectivity index (χ3n) is 3.61. The molecular weight excluding hydrogens is 294 g/mol. The molecule has 5 heteroatoms. The van der Waals surface area contributed by atoms with Gasteiger partial charge in [0.25, 0.3) is 0 Å². The Morgan fingerprint density at radius 3 is 2.77 bits per heavy atom. The molecule has 0 saturated carbocycles. The molecule has 0 fully saturated rings. The van der Waals surface area contributed by atoms with Crippen LogP contribution >= 0.6 is 11.3 Å². The summed E-state index contributed by atoms with van der Waals surface area (Å²) < 4.78 is 0. The molecule has 1 atom stereocenters. The van der Waals surface area contributed by atoms with E-state index in [2.05, 4.69) is 52.7 Å². The lowest BCUT2D eigenvalue weighted by Gasteiger charge is -2.11. The van der Waals surface area contributed by atoms with Crippen molar-refractivity contribution >= 4 is 27.4 Å². The number of rotatable bonds is 4. The van der Waals surface area contributed by atoms with Crippen LogP contribution < -0.4 is 5.32 Å². The largest absolute Gasteiger partial charge is 0.392 e. The number of aryl methyl sites for hydroxylation is 2. The molecule has 2 aromatic heterocycles. The first-order valence-corrected chi connectivity index (χ1v) is 8.16. The van der Waals surface area contributed by atoms with Crippen molar-refractivity contribution in [2.24, 2.45) is 0 Å². The molecule has 0 bridgehead atoms. The second-order valence-electron chi connectivity index (χ2n) is 5.60. The molecule has 0 spiro atoms. The lowest BCUT2D eigenvalue weighted by atomic mass is 9.99. The summed E-state index contributed by atoms with van der Waals surface area (Å²) in [5.41, 5.74) is 4.84. The Morgan fingerprint density at radius 1 is 1.23 bits per heavy atom. The number of nitrogens with zero attached hydrogens (tertiary/aromatic N) is 2. The van der Waals surface area contributed by atoms with E-state index in [1.807, 2.05) is 0 Å². The van der Waals surface area contributed by atoms with E-state index in [0.717, 1.165) is 21.6 Å². The van der Waals surface area contributed by atoms with E-state index in [9.17, 15) is 5.11 Å². The summed E-state index contributed by atoms with van der Waals surface area (Å²) in [5, 5.41) is 15.9. The first-order chi connectivity index (χ1) is 10.6. The van der Waals surface area contributed by atoms with Crippen LogP contribution in [0.1, 0.15) is 18.1 Å². The molecule has 1 unspecified atom stereocenters. The summed E-state index contributed by atoms with van der Waals surface area (Å²) in [7, 11) is 0. The SMILES string of the molecule is Cc1ccc(-c2csc3ncnc(NCC(C)O)c23)c(C)c1. The van der Waals surface area contributed by atoms with Crippen LogP contribution in [0.25, 0.3) is 21.3 Å². The Kier molecular flexibility index (Phi) is 4.09. The van der Waals surface area contributed by atoms with E-state index < -0.39 is 6.10 Å². The predicted molar refractivity (Wildman–Crippen MR) is 92.5 cm³/mol. The first-order valence-electron chi connectivity index (χ1n) is 7.28. The Morgan fingerprint density at radius 2 is 2.05 bits per heavy atom. The molecule has 3 rings (SSSR count). The highest BCUT2D eigenvalue weighted by molar-refractivity contribution is 7.17. The second-order valence-corrected chi connectivity index (χ2v) is 6.46. The third-order valence-corrected chi connectivity index (χ3v) is 4.49. The lowest BCUT2D eigenvalue weighted by Crippen LogP contribution is -2.16. The molecule has 4 nitrogen and oxygen atoms in total. The summed E-state index contributed by atoms with van der Waals surface area (Å²) in [6.45, 7) is 6.44. The molecule has 3 aromatic rings. The standard InChI is InChI=1S/C17H19N3OS/c1-10-4-5-13(11(2)6-10)14-8-22-17-15(14)16(19-9-20-17)18-7-12(3)21/h4-6,8-9,12,21H,7H2,1-3H3,(H,18,19,20). The second kappa shape index (κ2) is 6.02. The van der Waals surface area contributed by atoms with Gasteiger partial charge in [0.05, 0.1) is 11.5 Å². The molecule has 0 radical (unpaired) electrons. The van der Waals surface area contributed by atoms with Crippen molar-refractivity contribution in [2.45, 2.75) is 26.9 Å². The maximum atomic E-state index is 9.49. The number of nitrogens with one attached hydrogen (secondary N) is 1. The van der Waals surface area contributed by atoms with Crippen LogP contribution in [0.2, 0.25) is 0 Å². The monoisotopic (exact) mass is 313 g/mol. The normalized spacial score (nSPS) is 12.5. The minimum Gasteiger partial charge on any atom is -0.392 e. The maximum absolute atomic E-state index is 9.49. The summed E-state index contributed by atoms with van der Waals surface area (Å²) in [5.74, 6) is 0.780. The van der Waals surface area contributed by atoms with Crippen molar-refractivity contribution in [3.05, 3.63) is 41.0 Å². The number of aliphatic hydroxyl groups excluding tert-OH is 1. The molecule has 0 aliphatic heterocycles. The van der Waals surface area contributed by atoms with Gasteiger partial charge < -0.3 is 10.4 Å². The van der Waals surface area contributed by atoms with Crippen molar-refractivity contribution in [1.82, 2.24) is 9.97 Å². The first kappa shape index (κ1) is 14.9. The number of thiophene rings is 1. The van der Waals surface area contributed by atoms with Gasteiger partial charge in [-0.15, -0.1) is 11.3 Å². The average Bonchev–Trinajstić information content (AvgIpc) is 2.89. The highest BCUT2D eigenvalue weighted by Crippen LogP contribution is 2.37. The van der Waals surface area contributed by atoms with Gasteiger partial charge in [-0.1, -0.05) is 23.8 Å². The molecule has 2 heterocycles. The molecule has 0 aliphatic carbocycles. The smallest absolute Gasteiger partial charge is 0.138 e. The summed E-state index contributed by atoms with van der Waals surface area (Å²) in [4.78, 5) is 9.68. The van der Waals surface area contributed by atoms with Crippen molar-refractivity contribution < 1.29 is 5.11 Å². The highest BCUT2D eigenvalue weighted by Gasteiger charge is 2.14. The van der Waals surface area contributed by atoms with E-state index in [0.29, 0.717) is 6.54 Å². The average molecular weight is 313 g/mol. The van der Waals surface area contributed by atoms with Gasteiger partial charge in [-0.3, -0.25) is 0 Å². The fraction of sp³-hybridized carbons (Fsp3) is 0.294. The van der Waals surface area contributed by atoms with Crippen LogP contribution in [-0.4, -0.2) is 27.7 Å². The van der Waals surface area contributed by atoms with Crippen molar-refractivity contribution in [2.75, 3.05) is 11.9 Å². The van der Waals surface area contributed by atoms with Crippen molar-refractivity contribution in [1.29, 1.82) is 0 Å². The maximum Gasteiger partial charge on any atom is 0.138 e. The molecule has 0 saturated heterocycles.